The first kappa shape index (κ1) is 14.7. The molecule has 1 rings (SSSR count). The van der Waals surface area contributed by atoms with E-state index in [1.807, 2.05) is 13.8 Å². The molecule has 3 nitrogen and oxygen atoms in total. The Balaban J connectivity index is 2.29. The summed E-state index contributed by atoms with van der Waals surface area (Å²) in [5.41, 5.74) is 6.08. The highest BCUT2D eigenvalue weighted by Gasteiger charge is 2.15. The van der Waals surface area contributed by atoms with Crippen molar-refractivity contribution in [3.05, 3.63) is 23.2 Å². The Morgan fingerprint density at radius 3 is 2.72 bits per heavy atom. The van der Waals surface area contributed by atoms with Crippen molar-refractivity contribution < 1.29 is 4.74 Å². The average Bonchev–Trinajstić information content (AvgIpc) is 2.31. The first-order valence-electron chi connectivity index (χ1n) is 6.04. The summed E-state index contributed by atoms with van der Waals surface area (Å²) in [6.45, 7) is 4.50. The molecule has 0 aliphatic rings. The summed E-state index contributed by atoms with van der Waals surface area (Å²) in [6.07, 6.45) is 2.75. The van der Waals surface area contributed by atoms with Gasteiger partial charge in [0.05, 0.1) is 23.8 Å². The number of nitrogens with two attached hydrogens (primary N) is 1. The molecule has 0 spiro atoms. The Bertz CT molecular complexity index is 438. The van der Waals surface area contributed by atoms with Crippen LogP contribution in [-0.4, -0.2) is 6.61 Å². The van der Waals surface area contributed by atoms with Gasteiger partial charge in [0.15, 0.2) is 0 Å². The molecule has 0 aliphatic heterocycles. The zero-order valence-electron chi connectivity index (χ0n) is 10.9. The fraction of sp³-hybridized carbons (Fsp3) is 0.500. The molecule has 0 aliphatic carbocycles. The smallest absolute Gasteiger partial charge is 0.142 e. The molecule has 1 aromatic rings. The number of nitrogens with zero attached hydrogens (tertiary/aromatic N) is 1. The molecular formula is C14H19ClN2O. The fourth-order valence-corrected chi connectivity index (χ4v) is 1.74. The number of benzene rings is 1. The van der Waals surface area contributed by atoms with Crippen LogP contribution in [0.25, 0.3) is 0 Å². The van der Waals surface area contributed by atoms with E-state index < -0.39 is 0 Å². The molecular weight excluding hydrogens is 248 g/mol. The summed E-state index contributed by atoms with van der Waals surface area (Å²) in [4.78, 5) is 0. The van der Waals surface area contributed by atoms with E-state index in [-0.39, 0.29) is 5.41 Å². The second kappa shape index (κ2) is 6.51. The van der Waals surface area contributed by atoms with Gasteiger partial charge in [-0.2, -0.15) is 5.26 Å². The topological polar surface area (TPSA) is 59.0 Å². The zero-order valence-corrected chi connectivity index (χ0v) is 11.6. The third-order valence-electron chi connectivity index (χ3n) is 2.73. The van der Waals surface area contributed by atoms with Crippen LogP contribution in [0.4, 0.5) is 5.69 Å². The number of hydrogen-bond donors (Lipinski definition) is 1. The molecule has 0 unspecified atom stereocenters. The van der Waals surface area contributed by atoms with Crippen molar-refractivity contribution in [1.82, 2.24) is 0 Å². The van der Waals surface area contributed by atoms with Gasteiger partial charge < -0.3 is 10.5 Å². The molecule has 0 radical (unpaired) electrons. The van der Waals surface area contributed by atoms with Crippen LogP contribution in [0, 0.1) is 16.7 Å². The van der Waals surface area contributed by atoms with Crippen LogP contribution >= 0.6 is 11.6 Å². The van der Waals surface area contributed by atoms with Gasteiger partial charge in [0.1, 0.15) is 5.75 Å². The molecule has 0 atom stereocenters. The standard InChI is InChI=1S/C14H19ClN2O/c1-14(2,10-16)7-3-4-8-18-13-6-5-11(15)9-12(13)17/h5-6,9H,3-4,7-8,17H2,1-2H3. The SMILES string of the molecule is CC(C)(C#N)CCCCOc1ccc(Cl)cc1N. The van der Waals surface area contributed by atoms with Crippen molar-refractivity contribution in [3.63, 3.8) is 0 Å². The molecule has 0 saturated carbocycles. The van der Waals surface area contributed by atoms with Crippen LogP contribution in [0.3, 0.4) is 0 Å². The number of unbranched alkanes of at least 4 members (excludes halogenated alkanes) is 1. The predicted molar refractivity (Wildman–Crippen MR) is 74.6 cm³/mol. The van der Waals surface area contributed by atoms with Crippen molar-refractivity contribution in [3.8, 4) is 11.8 Å². The van der Waals surface area contributed by atoms with Crippen LogP contribution in [0.15, 0.2) is 18.2 Å². The number of nitrogen functional groups attached to an aromatic ring is 1. The third-order valence-corrected chi connectivity index (χ3v) is 2.96. The molecule has 0 bridgehead atoms. The molecule has 0 saturated heterocycles. The van der Waals surface area contributed by atoms with Crippen LogP contribution in [0.1, 0.15) is 33.1 Å². The van der Waals surface area contributed by atoms with E-state index in [2.05, 4.69) is 6.07 Å². The van der Waals surface area contributed by atoms with E-state index in [0.29, 0.717) is 23.1 Å². The molecule has 98 valence electrons. The Hall–Kier alpha value is -1.40. The van der Waals surface area contributed by atoms with E-state index in [4.69, 9.17) is 27.3 Å². The van der Waals surface area contributed by atoms with Crippen molar-refractivity contribution in [2.45, 2.75) is 33.1 Å². The average molecular weight is 267 g/mol. The summed E-state index contributed by atoms with van der Waals surface area (Å²) < 4.78 is 5.57. The van der Waals surface area contributed by atoms with Crippen LogP contribution in [0.2, 0.25) is 5.02 Å². The Labute approximate surface area is 114 Å². The molecule has 0 amide bonds. The van der Waals surface area contributed by atoms with Crippen LogP contribution in [-0.2, 0) is 0 Å². The van der Waals surface area contributed by atoms with E-state index in [0.717, 1.165) is 19.3 Å². The summed E-state index contributed by atoms with van der Waals surface area (Å²) in [5, 5.41) is 9.49. The highest BCUT2D eigenvalue weighted by molar-refractivity contribution is 6.30. The molecule has 2 N–H and O–H groups in total. The summed E-state index contributed by atoms with van der Waals surface area (Å²) >= 11 is 5.80. The monoisotopic (exact) mass is 266 g/mol. The molecule has 4 heteroatoms. The third kappa shape index (κ3) is 4.85. The van der Waals surface area contributed by atoms with E-state index in [1.54, 1.807) is 18.2 Å². The van der Waals surface area contributed by atoms with Gasteiger partial charge in [-0.1, -0.05) is 11.6 Å². The van der Waals surface area contributed by atoms with Crippen molar-refractivity contribution in [2.75, 3.05) is 12.3 Å². The fourth-order valence-electron chi connectivity index (χ4n) is 1.56. The Morgan fingerprint density at radius 1 is 1.39 bits per heavy atom. The lowest BCUT2D eigenvalue weighted by atomic mass is 9.89. The Morgan fingerprint density at radius 2 is 2.11 bits per heavy atom. The number of ether oxygens (including phenoxy) is 1. The first-order chi connectivity index (χ1) is 8.44. The van der Waals surface area contributed by atoms with Gasteiger partial charge in [-0.05, 0) is 51.3 Å². The van der Waals surface area contributed by atoms with E-state index in [1.165, 1.54) is 0 Å². The van der Waals surface area contributed by atoms with E-state index in [9.17, 15) is 0 Å². The normalized spacial score (nSPS) is 11.0. The lowest BCUT2D eigenvalue weighted by molar-refractivity contribution is 0.296. The Kier molecular flexibility index (Phi) is 5.30. The lowest BCUT2D eigenvalue weighted by Crippen LogP contribution is -2.08. The van der Waals surface area contributed by atoms with Gasteiger partial charge in [0.25, 0.3) is 0 Å². The van der Waals surface area contributed by atoms with E-state index >= 15 is 0 Å². The van der Waals surface area contributed by atoms with Crippen molar-refractivity contribution in [2.24, 2.45) is 5.41 Å². The number of nitriles is 1. The number of hydrogen-bond acceptors (Lipinski definition) is 3. The maximum Gasteiger partial charge on any atom is 0.142 e. The molecule has 0 aromatic heterocycles. The minimum absolute atomic E-state index is 0.251. The van der Waals surface area contributed by atoms with Gasteiger partial charge in [0.2, 0.25) is 0 Å². The summed E-state index contributed by atoms with van der Waals surface area (Å²) in [6, 6.07) is 7.50. The molecule has 0 heterocycles. The van der Waals surface area contributed by atoms with Gasteiger partial charge in [-0.3, -0.25) is 0 Å². The highest BCUT2D eigenvalue weighted by atomic mass is 35.5. The molecule has 18 heavy (non-hydrogen) atoms. The zero-order chi connectivity index (χ0) is 13.6. The van der Waals surface area contributed by atoms with Crippen LogP contribution < -0.4 is 10.5 Å². The quantitative estimate of drug-likeness (QED) is 0.625. The van der Waals surface area contributed by atoms with Gasteiger partial charge >= 0.3 is 0 Å². The van der Waals surface area contributed by atoms with Crippen LogP contribution in [0.5, 0.6) is 5.75 Å². The number of halogens is 1. The molecule has 0 fully saturated rings. The number of rotatable bonds is 6. The minimum Gasteiger partial charge on any atom is -0.491 e. The lowest BCUT2D eigenvalue weighted by Gasteiger charge is -2.14. The highest BCUT2D eigenvalue weighted by Crippen LogP contribution is 2.26. The molecule has 1 aromatic carbocycles. The second-order valence-electron chi connectivity index (χ2n) is 4.98. The van der Waals surface area contributed by atoms with Crippen molar-refractivity contribution in [1.29, 1.82) is 5.26 Å². The van der Waals surface area contributed by atoms with Gasteiger partial charge in [-0.15, -0.1) is 0 Å². The first-order valence-corrected chi connectivity index (χ1v) is 6.41. The largest absolute Gasteiger partial charge is 0.491 e. The van der Waals surface area contributed by atoms with Gasteiger partial charge in [0, 0.05) is 5.02 Å². The number of anilines is 1. The summed E-state index contributed by atoms with van der Waals surface area (Å²) in [7, 11) is 0. The maximum absolute atomic E-state index is 8.88. The maximum atomic E-state index is 8.88. The predicted octanol–water partition coefficient (Wildman–Crippen LogP) is 4.02. The van der Waals surface area contributed by atoms with Gasteiger partial charge in [-0.25, -0.2) is 0 Å². The minimum atomic E-state index is -0.251. The van der Waals surface area contributed by atoms with Crippen molar-refractivity contribution >= 4 is 17.3 Å². The summed E-state index contributed by atoms with van der Waals surface area (Å²) in [5.74, 6) is 0.666. The second-order valence-corrected chi connectivity index (χ2v) is 5.42.